The molecule has 0 radical (unpaired) electrons. The zero-order valence-electron chi connectivity index (χ0n) is 7.58. The highest BCUT2D eigenvalue weighted by Gasteiger charge is 2.27. The van der Waals surface area contributed by atoms with Gasteiger partial charge in [-0.15, -0.1) is 0 Å². The quantitative estimate of drug-likeness (QED) is 0.470. The molecule has 1 unspecified atom stereocenters. The van der Waals surface area contributed by atoms with Crippen LogP contribution in [0.1, 0.15) is 6.92 Å². The second-order valence-electron chi connectivity index (χ2n) is 2.76. The van der Waals surface area contributed by atoms with E-state index in [1.165, 1.54) is 31.2 Å². The number of nitro benzene ring substituents is 1. The highest BCUT2D eigenvalue weighted by Crippen LogP contribution is 2.41. The van der Waals surface area contributed by atoms with Gasteiger partial charge in [0.05, 0.1) is 4.92 Å². The van der Waals surface area contributed by atoms with Crippen LogP contribution in [0.25, 0.3) is 0 Å². The Morgan fingerprint density at radius 1 is 1.50 bits per heavy atom. The second kappa shape index (κ2) is 3.90. The Balaban J connectivity index is 3.34. The number of nitro groups is 1. The lowest BCUT2D eigenvalue weighted by atomic mass is 10.3. The molecule has 0 fully saturated rings. The van der Waals surface area contributed by atoms with E-state index in [1.54, 1.807) is 0 Å². The molecule has 0 aliphatic rings. The Hall–Kier alpha value is -1.19. The van der Waals surface area contributed by atoms with E-state index < -0.39 is 12.3 Å². The van der Waals surface area contributed by atoms with Gasteiger partial charge in [-0.2, -0.15) is 0 Å². The summed E-state index contributed by atoms with van der Waals surface area (Å²) in [6.45, 7) is 1.53. The molecular formula is C8H10NO4P. The molecule has 14 heavy (non-hydrogen) atoms. The fraction of sp³-hybridized carbons (Fsp3) is 0.250. The average Bonchev–Trinajstić information content (AvgIpc) is 2.18. The molecule has 76 valence electrons. The second-order valence-corrected chi connectivity index (χ2v) is 5.28. The van der Waals surface area contributed by atoms with Crippen molar-refractivity contribution in [2.24, 2.45) is 0 Å². The molecule has 0 bridgehead atoms. The molecule has 1 rings (SSSR count). The summed E-state index contributed by atoms with van der Waals surface area (Å²) < 4.78 is 11.6. The summed E-state index contributed by atoms with van der Waals surface area (Å²) in [4.78, 5) is 19.4. The van der Waals surface area contributed by atoms with Crippen molar-refractivity contribution in [3.63, 3.8) is 0 Å². The van der Waals surface area contributed by atoms with E-state index in [-0.39, 0.29) is 17.2 Å². The molecule has 0 aromatic heterocycles. The van der Waals surface area contributed by atoms with Crippen LogP contribution in [-0.2, 0) is 4.57 Å². The Morgan fingerprint density at radius 3 is 2.57 bits per heavy atom. The van der Waals surface area contributed by atoms with Crippen molar-refractivity contribution in [3.8, 4) is 0 Å². The van der Waals surface area contributed by atoms with Crippen LogP contribution in [0.5, 0.6) is 0 Å². The van der Waals surface area contributed by atoms with Crippen molar-refractivity contribution in [1.29, 1.82) is 0 Å². The highest BCUT2D eigenvalue weighted by molar-refractivity contribution is 7.66. The zero-order chi connectivity index (χ0) is 10.8. The number of benzene rings is 1. The first-order valence-electron chi connectivity index (χ1n) is 4.05. The molecule has 0 amide bonds. The summed E-state index contributed by atoms with van der Waals surface area (Å²) in [7, 11) is -3.56. The number of nitrogens with zero attached hydrogens (tertiary/aromatic N) is 1. The molecule has 0 heterocycles. The molecule has 0 saturated carbocycles. The lowest BCUT2D eigenvalue weighted by Crippen LogP contribution is -2.11. The zero-order valence-corrected chi connectivity index (χ0v) is 8.48. The van der Waals surface area contributed by atoms with Gasteiger partial charge < -0.3 is 4.89 Å². The molecule has 0 aliphatic heterocycles. The van der Waals surface area contributed by atoms with Gasteiger partial charge in [-0.25, -0.2) is 0 Å². The minimum atomic E-state index is -3.56. The van der Waals surface area contributed by atoms with E-state index in [2.05, 4.69) is 0 Å². The smallest absolute Gasteiger partial charge is 0.282 e. The third-order valence-corrected chi connectivity index (χ3v) is 3.87. The lowest BCUT2D eigenvalue weighted by Gasteiger charge is -2.08. The summed E-state index contributed by atoms with van der Waals surface area (Å²) in [5.41, 5.74) is -0.291. The third kappa shape index (κ3) is 2.00. The van der Waals surface area contributed by atoms with Crippen molar-refractivity contribution in [2.45, 2.75) is 6.92 Å². The molecule has 0 aliphatic carbocycles. The predicted molar refractivity (Wildman–Crippen MR) is 53.1 cm³/mol. The minimum Gasteiger partial charge on any atom is -0.341 e. The molecule has 1 aromatic carbocycles. The largest absolute Gasteiger partial charge is 0.341 e. The van der Waals surface area contributed by atoms with E-state index in [0.29, 0.717) is 0 Å². The third-order valence-electron chi connectivity index (χ3n) is 1.88. The van der Waals surface area contributed by atoms with E-state index in [4.69, 9.17) is 0 Å². The summed E-state index contributed by atoms with van der Waals surface area (Å²) in [5, 5.41) is 10.5. The van der Waals surface area contributed by atoms with Crippen LogP contribution >= 0.6 is 7.37 Å². The standard InChI is InChI=1S/C8H10NO4P/c1-2-14(12,13)8-6-4-3-5-7(8)9(10)11/h3-6H,2H2,1H3,(H,12,13). The number of hydrogen-bond acceptors (Lipinski definition) is 3. The van der Waals surface area contributed by atoms with Crippen molar-refractivity contribution in [2.75, 3.05) is 6.16 Å². The van der Waals surface area contributed by atoms with Gasteiger partial charge in [0.2, 0.25) is 7.37 Å². The lowest BCUT2D eigenvalue weighted by molar-refractivity contribution is -0.383. The van der Waals surface area contributed by atoms with Crippen molar-refractivity contribution < 1.29 is 14.4 Å². The highest BCUT2D eigenvalue weighted by atomic mass is 31.2. The number of rotatable bonds is 3. The van der Waals surface area contributed by atoms with Gasteiger partial charge in [0.15, 0.2) is 0 Å². The normalized spacial score (nSPS) is 14.7. The maximum Gasteiger partial charge on any atom is 0.282 e. The average molecular weight is 215 g/mol. The van der Waals surface area contributed by atoms with E-state index in [9.17, 15) is 19.6 Å². The van der Waals surface area contributed by atoms with Gasteiger partial charge in [-0.05, 0) is 6.07 Å². The molecule has 0 spiro atoms. The summed E-state index contributed by atoms with van der Waals surface area (Å²) in [6.07, 6.45) is -0.00213. The molecule has 5 nitrogen and oxygen atoms in total. The first-order valence-corrected chi connectivity index (χ1v) is 5.89. The van der Waals surface area contributed by atoms with Gasteiger partial charge >= 0.3 is 0 Å². The molecule has 1 N–H and O–H groups in total. The summed E-state index contributed by atoms with van der Waals surface area (Å²) >= 11 is 0. The van der Waals surface area contributed by atoms with Gasteiger partial charge in [-0.1, -0.05) is 19.1 Å². The summed E-state index contributed by atoms with van der Waals surface area (Å²) in [6, 6.07) is 5.54. The van der Waals surface area contributed by atoms with Gasteiger partial charge in [-0.3, -0.25) is 14.7 Å². The molecular weight excluding hydrogens is 205 g/mol. The molecule has 1 atom stereocenters. The molecule has 6 heteroatoms. The van der Waals surface area contributed by atoms with Gasteiger partial charge in [0, 0.05) is 12.2 Å². The molecule has 0 saturated heterocycles. The van der Waals surface area contributed by atoms with Gasteiger partial charge in [0.1, 0.15) is 5.30 Å². The van der Waals surface area contributed by atoms with Crippen molar-refractivity contribution >= 4 is 18.4 Å². The Bertz CT molecular complexity index is 404. The number of hydrogen-bond donors (Lipinski definition) is 1. The van der Waals surface area contributed by atoms with Crippen LogP contribution in [0.3, 0.4) is 0 Å². The maximum absolute atomic E-state index is 11.6. The van der Waals surface area contributed by atoms with E-state index in [1.807, 2.05) is 0 Å². The van der Waals surface area contributed by atoms with E-state index in [0.717, 1.165) is 0 Å². The Labute approximate surface area is 81.0 Å². The van der Waals surface area contributed by atoms with Crippen molar-refractivity contribution in [3.05, 3.63) is 34.4 Å². The van der Waals surface area contributed by atoms with Crippen LogP contribution in [0, 0.1) is 10.1 Å². The van der Waals surface area contributed by atoms with Crippen LogP contribution < -0.4 is 5.30 Å². The molecule has 1 aromatic rings. The van der Waals surface area contributed by atoms with Crippen LogP contribution in [0.15, 0.2) is 24.3 Å². The topological polar surface area (TPSA) is 80.4 Å². The van der Waals surface area contributed by atoms with Crippen LogP contribution in [-0.4, -0.2) is 16.0 Å². The maximum atomic E-state index is 11.6. The monoisotopic (exact) mass is 215 g/mol. The minimum absolute atomic E-state index is 0.00213. The first-order chi connectivity index (χ1) is 6.49. The first kappa shape index (κ1) is 10.9. The SMILES string of the molecule is CCP(=O)(O)c1ccccc1[N+](=O)[O-]. The predicted octanol–water partition coefficient (Wildman–Crippen LogP) is 1.51. The van der Waals surface area contributed by atoms with Gasteiger partial charge in [0.25, 0.3) is 5.69 Å². The Morgan fingerprint density at radius 2 is 2.07 bits per heavy atom. The van der Waals surface area contributed by atoms with Crippen LogP contribution in [0.2, 0.25) is 0 Å². The fourth-order valence-corrected chi connectivity index (χ4v) is 2.26. The van der Waals surface area contributed by atoms with Crippen molar-refractivity contribution in [1.82, 2.24) is 0 Å². The fourth-order valence-electron chi connectivity index (χ4n) is 1.08. The Kier molecular flexibility index (Phi) is 3.03. The van der Waals surface area contributed by atoms with Crippen LogP contribution in [0.4, 0.5) is 5.69 Å². The number of para-hydroxylation sites is 1. The summed E-state index contributed by atoms with van der Waals surface area (Å²) in [5.74, 6) is 0. The van der Waals surface area contributed by atoms with E-state index >= 15 is 0 Å².